The Bertz CT molecular complexity index is 1700. The molecule has 202 valence electrons. The number of anilines is 1. The number of rotatable bonds is 7. The van der Waals surface area contributed by atoms with Crippen molar-refractivity contribution in [3.05, 3.63) is 104 Å². The molecule has 4 aromatic rings. The van der Waals surface area contributed by atoms with Crippen LogP contribution in [0.5, 0.6) is 11.5 Å². The minimum absolute atomic E-state index is 0.0948. The van der Waals surface area contributed by atoms with Crippen LogP contribution < -0.4 is 19.7 Å². The summed E-state index contributed by atoms with van der Waals surface area (Å²) in [6, 6.07) is 22.5. The quantitative estimate of drug-likeness (QED) is 0.125. The second-order valence-electron chi connectivity index (χ2n) is 8.71. The first kappa shape index (κ1) is 28.1. The number of carbonyl (C=O) groups is 2. The number of carbonyl (C=O) groups excluding carboxylic acids is 2. The van der Waals surface area contributed by atoms with Gasteiger partial charge in [0.25, 0.3) is 11.8 Å². The Morgan fingerprint density at radius 1 is 0.975 bits per heavy atom. The van der Waals surface area contributed by atoms with Crippen molar-refractivity contribution in [2.45, 2.75) is 13.5 Å². The maximum Gasteiger partial charge on any atom is 0.270 e. The molecule has 1 N–H and O–H groups in total. The predicted molar refractivity (Wildman–Crippen MR) is 166 cm³/mol. The number of benzene rings is 4. The normalized spacial score (nSPS) is 14.6. The van der Waals surface area contributed by atoms with Crippen molar-refractivity contribution in [2.75, 3.05) is 11.5 Å². The van der Waals surface area contributed by atoms with Gasteiger partial charge in [-0.2, -0.15) is 0 Å². The molecule has 1 heterocycles. The zero-order valence-corrected chi connectivity index (χ0v) is 25.0. The van der Waals surface area contributed by atoms with Gasteiger partial charge in [-0.3, -0.25) is 19.8 Å². The van der Waals surface area contributed by atoms with E-state index >= 15 is 0 Å². The summed E-state index contributed by atoms with van der Waals surface area (Å²) < 4.78 is 12.6. The van der Waals surface area contributed by atoms with Gasteiger partial charge in [0.1, 0.15) is 12.2 Å². The SMILES string of the molecule is CCOc1cc(/C=C2\C(=O)NC(=S)N(c3cccc(Cl)c3Cl)C2=O)c(Br)cc1OCc1cccc2ccccc12. The molecule has 1 aliphatic heterocycles. The summed E-state index contributed by atoms with van der Waals surface area (Å²) in [5.74, 6) is -0.298. The smallest absolute Gasteiger partial charge is 0.270 e. The van der Waals surface area contributed by atoms with Crippen molar-refractivity contribution >= 4 is 90.8 Å². The Morgan fingerprint density at radius 2 is 1.70 bits per heavy atom. The fraction of sp³-hybridized carbons (Fsp3) is 0.100. The Balaban J connectivity index is 1.48. The van der Waals surface area contributed by atoms with Crippen LogP contribution in [0.4, 0.5) is 5.69 Å². The maximum absolute atomic E-state index is 13.5. The number of halogens is 3. The molecule has 0 aliphatic carbocycles. The van der Waals surface area contributed by atoms with E-state index in [-0.39, 0.29) is 26.4 Å². The summed E-state index contributed by atoms with van der Waals surface area (Å²) in [6.45, 7) is 2.57. The van der Waals surface area contributed by atoms with E-state index in [2.05, 4.69) is 39.4 Å². The summed E-state index contributed by atoms with van der Waals surface area (Å²) >= 11 is 21.3. The highest BCUT2D eigenvalue weighted by Gasteiger charge is 2.36. The number of hydrogen-bond donors (Lipinski definition) is 1. The van der Waals surface area contributed by atoms with Crippen molar-refractivity contribution in [3.63, 3.8) is 0 Å². The van der Waals surface area contributed by atoms with Gasteiger partial charge in [-0.1, -0.05) is 87.7 Å². The first-order valence-corrected chi connectivity index (χ1v) is 14.2. The van der Waals surface area contributed by atoms with E-state index in [4.69, 9.17) is 44.9 Å². The molecule has 0 unspecified atom stereocenters. The molecule has 0 bridgehead atoms. The van der Waals surface area contributed by atoms with Crippen LogP contribution in [0.15, 0.2) is 82.8 Å². The lowest BCUT2D eigenvalue weighted by Gasteiger charge is -2.29. The van der Waals surface area contributed by atoms with Crippen LogP contribution in [0.3, 0.4) is 0 Å². The third-order valence-electron chi connectivity index (χ3n) is 6.20. The molecule has 1 saturated heterocycles. The van der Waals surface area contributed by atoms with E-state index in [1.165, 1.54) is 6.08 Å². The van der Waals surface area contributed by atoms with Crippen LogP contribution in [-0.2, 0) is 16.2 Å². The second kappa shape index (κ2) is 12.0. The van der Waals surface area contributed by atoms with Crippen molar-refractivity contribution in [1.82, 2.24) is 5.32 Å². The molecule has 10 heteroatoms. The predicted octanol–water partition coefficient (Wildman–Crippen LogP) is 7.72. The van der Waals surface area contributed by atoms with Gasteiger partial charge in [-0.05, 0) is 71.4 Å². The number of fused-ring (bicyclic) bond motifs is 1. The molecule has 40 heavy (non-hydrogen) atoms. The molecule has 1 aliphatic rings. The van der Waals surface area contributed by atoms with Crippen molar-refractivity contribution in [3.8, 4) is 11.5 Å². The second-order valence-corrected chi connectivity index (χ2v) is 10.7. The average molecular weight is 656 g/mol. The number of amides is 2. The average Bonchev–Trinajstić information content (AvgIpc) is 2.94. The van der Waals surface area contributed by atoms with Gasteiger partial charge < -0.3 is 9.47 Å². The Morgan fingerprint density at radius 3 is 2.50 bits per heavy atom. The van der Waals surface area contributed by atoms with Gasteiger partial charge in [-0.15, -0.1) is 0 Å². The summed E-state index contributed by atoms with van der Waals surface area (Å²) in [5, 5.41) is 5.08. The molecule has 1 fully saturated rings. The van der Waals surface area contributed by atoms with Gasteiger partial charge in [0.05, 0.1) is 22.3 Å². The third kappa shape index (κ3) is 5.58. The molecule has 6 nitrogen and oxygen atoms in total. The van der Waals surface area contributed by atoms with E-state index in [1.807, 2.05) is 31.2 Å². The van der Waals surface area contributed by atoms with Crippen LogP contribution in [0, 0.1) is 0 Å². The minimum Gasteiger partial charge on any atom is -0.490 e. The summed E-state index contributed by atoms with van der Waals surface area (Å²) in [6.07, 6.45) is 1.46. The van der Waals surface area contributed by atoms with Gasteiger partial charge in [-0.25, -0.2) is 0 Å². The molecule has 5 rings (SSSR count). The summed E-state index contributed by atoms with van der Waals surface area (Å²) in [4.78, 5) is 27.5. The molecule has 0 saturated carbocycles. The van der Waals surface area contributed by atoms with Gasteiger partial charge in [0.2, 0.25) is 0 Å². The van der Waals surface area contributed by atoms with Crippen molar-refractivity contribution in [2.24, 2.45) is 0 Å². The maximum atomic E-state index is 13.5. The fourth-order valence-corrected chi connectivity index (χ4v) is 5.40. The topological polar surface area (TPSA) is 67.9 Å². The first-order valence-electron chi connectivity index (χ1n) is 12.2. The molecule has 0 atom stereocenters. The fourth-order valence-electron chi connectivity index (χ4n) is 4.31. The highest BCUT2D eigenvalue weighted by molar-refractivity contribution is 9.10. The lowest BCUT2D eigenvalue weighted by Crippen LogP contribution is -2.54. The zero-order valence-electron chi connectivity index (χ0n) is 21.0. The molecule has 0 radical (unpaired) electrons. The molecule has 2 amide bonds. The molecule has 4 aromatic carbocycles. The molecular weight excluding hydrogens is 635 g/mol. The molecular formula is C30H21BrCl2N2O4S. The Labute approximate surface area is 254 Å². The van der Waals surface area contributed by atoms with Gasteiger partial charge in [0.15, 0.2) is 16.6 Å². The van der Waals surface area contributed by atoms with Crippen LogP contribution in [-0.4, -0.2) is 23.5 Å². The number of nitrogens with one attached hydrogen (secondary N) is 1. The van der Waals surface area contributed by atoms with Crippen LogP contribution in [0.2, 0.25) is 10.0 Å². The van der Waals surface area contributed by atoms with Crippen LogP contribution in [0.1, 0.15) is 18.1 Å². The van der Waals surface area contributed by atoms with E-state index < -0.39 is 11.8 Å². The van der Waals surface area contributed by atoms with Gasteiger partial charge >= 0.3 is 0 Å². The summed E-state index contributed by atoms with van der Waals surface area (Å²) in [7, 11) is 0. The van der Waals surface area contributed by atoms with Crippen molar-refractivity contribution in [1.29, 1.82) is 0 Å². The Kier molecular flexibility index (Phi) is 8.42. The highest BCUT2D eigenvalue weighted by atomic mass is 79.9. The van der Waals surface area contributed by atoms with Crippen LogP contribution in [0.25, 0.3) is 16.8 Å². The third-order valence-corrected chi connectivity index (χ3v) is 7.98. The van der Waals surface area contributed by atoms with Gasteiger partial charge in [0, 0.05) is 4.47 Å². The van der Waals surface area contributed by atoms with E-state index in [1.54, 1.807) is 30.3 Å². The Hall–Kier alpha value is -3.43. The minimum atomic E-state index is -0.640. The lowest BCUT2D eigenvalue weighted by molar-refractivity contribution is -0.122. The van der Waals surface area contributed by atoms with E-state index in [0.717, 1.165) is 21.2 Å². The monoisotopic (exact) mass is 654 g/mol. The van der Waals surface area contributed by atoms with E-state index in [0.29, 0.717) is 34.7 Å². The van der Waals surface area contributed by atoms with E-state index in [9.17, 15) is 9.59 Å². The number of hydrogen-bond acceptors (Lipinski definition) is 5. The summed E-state index contributed by atoms with van der Waals surface area (Å²) in [5.41, 5.74) is 1.69. The van der Waals surface area contributed by atoms with Crippen LogP contribution >= 0.6 is 51.3 Å². The number of nitrogens with zero attached hydrogens (tertiary/aromatic N) is 1. The molecule has 0 spiro atoms. The standard InChI is InChI=1S/C30H21BrCl2N2O4S/c1-2-38-25-14-19(22(31)15-26(25)39-16-18-9-5-8-17-7-3-4-10-20(17)18)13-21-28(36)34-30(40)35(29(21)37)24-12-6-11-23(32)27(24)33/h3-15H,2,16H2,1H3,(H,34,36,40)/b21-13+. The number of thiocarbonyl (C=S) groups is 1. The highest BCUT2D eigenvalue weighted by Crippen LogP contribution is 2.38. The lowest BCUT2D eigenvalue weighted by atomic mass is 10.1. The largest absolute Gasteiger partial charge is 0.490 e. The molecule has 0 aromatic heterocycles. The van der Waals surface area contributed by atoms with Crippen molar-refractivity contribution < 1.29 is 19.1 Å². The first-order chi connectivity index (χ1) is 19.3. The number of ether oxygens (including phenoxy) is 2. The zero-order chi connectivity index (χ0) is 28.4.